The first-order chi connectivity index (χ1) is 23.3. The molecule has 48 heavy (non-hydrogen) atoms. The van der Waals surface area contributed by atoms with E-state index < -0.39 is 5.91 Å². The van der Waals surface area contributed by atoms with Crippen molar-refractivity contribution in [2.75, 3.05) is 38.7 Å². The van der Waals surface area contributed by atoms with Crippen molar-refractivity contribution in [1.82, 2.24) is 35.1 Å². The zero-order valence-corrected chi connectivity index (χ0v) is 28.3. The maximum Gasteiger partial charge on any atom is 0.291 e. The van der Waals surface area contributed by atoms with Gasteiger partial charge < -0.3 is 25.3 Å². The quantitative estimate of drug-likeness (QED) is 0.185. The highest BCUT2D eigenvalue weighted by Gasteiger charge is 2.26. The average Bonchev–Trinajstić information content (AvgIpc) is 3.66. The number of nitrogens with zero attached hydrogens (tertiary/aromatic N) is 5. The monoisotopic (exact) mass is 694 g/mol. The van der Waals surface area contributed by atoms with Gasteiger partial charge in [0.25, 0.3) is 5.91 Å². The van der Waals surface area contributed by atoms with E-state index in [0.29, 0.717) is 78.1 Å². The number of amides is 2. The lowest BCUT2D eigenvalue weighted by Crippen LogP contribution is -2.35. The molecule has 1 atom stereocenters. The Morgan fingerprint density at radius 3 is 2.75 bits per heavy atom. The molecule has 0 saturated carbocycles. The number of carbonyl (C=O) groups excluding carboxylic acids is 2. The molecule has 0 unspecified atom stereocenters. The Morgan fingerprint density at radius 2 is 1.98 bits per heavy atom. The van der Waals surface area contributed by atoms with Gasteiger partial charge in [-0.3, -0.25) is 23.9 Å². The third-order valence-corrected chi connectivity index (χ3v) is 9.53. The summed E-state index contributed by atoms with van der Waals surface area (Å²) in [5, 5.41) is 9.85. The van der Waals surface area contributed by atoms with E-state index in [1.807, 2.05) is 23.7 Å². The lowest BCUT2D eigenvalue weighted by atomic mass is 10.1. The predicted molar refractivity (Wildman–Crippen MR) is 183 cm³/mol. The van der Waals surface area contributed by atoms with Crippen LogP contribution in [0.3, 0.4) is 0 Å². The summed E-state index contributed by atoms with van der Waals surface area (Å²) in [6, 6.07) is 11.0. The first-order valence-electron chi connectivity index (χ1n) is 15.9. The van der Waals surface area contributed by atoms with Crippen molar-refractivity contribution >= 4 is 40.7 Å². The Hall–Kier alpha value is -4.10. The standard InChI is InChI=1S/C34H37Cl2FN8O3/c1-44-27-12-16-45(15-4-13-37)19-26(27)41-32(44)33(47)42-25-6-3-5-23(29(25)35)31-30(36)22(11-14-39-31)24-9-7-20(34(43-24)48-2)17-38-18-21-8-10-28(46)40-21/h3,5-7,9,11,14,21,38H,4,8,10,12-13,15-19H2,1-2H3,(H,40,46)(H,42,47)/t21-/m1/s1. The van der Waals surface area contributed by atoms with Crippen molar-refractivity contribution < 1.29 is 18.7 Å². The molecule has 2 aliphatic rings. The molecule has 4 aromatic rings. The van der Waals surface area contributed by atoms with E-state index in [1.54, 1.807) is 37.6 Å². The van der Waals surface area contributed by atoms with Crippen LogP contribution in [0.2, 0.25) is 10.0 Å². The van der Waals surface area contributed by atoms with Gasteiger partial charge in [0.15, 0.2) is 5.82 Å². The summed E-state index contributed by atoms with van der Waals surface area (Å²) in [5.41, 5.74) is 5.28. The van der Waals surface area contributed by atoms with Crippen molar-refractivity contribution in [3.05, 3.63) is 75.4 Å². The third kappa shape index (κ3) is 7.17. The lowest BCUT2D eigenvalue weighted by Gasteiger charge is -2.26. The zero-order chi connectivity index (χ0) is 33.8. The summed E-state index contributed by atoms with van der Waals surface area (Å²) in [7, 11) is 3.39. The van der Waals surface area contributed by atoms with Gasteiger partial charge in [0.1, 0.15) is 0 Å². The van der Waals surface area contributed by atoms with Crippen LogP contribution in [-0.4, -0.2) is 75.7 Å². The molecule has 5 heterocycles. The van der Waals surface area contributed by atoms with Crippen molar-refractivity contribution in [3.63, 3.8) is 0 Å². The molecule has 11 nitrogen and oxygen atoms in total. The van der Waals surface area contributed by atoms with Crippen LogP contribution in [0.15, 0.2) is 42.6 Å². The molecule has 252 valence electrons. The molecular weight excluding hydrogens is 658 g/mol. The molecule has 0 bridgehead atoms. The molecule has 0 radical (unpaired) electrons. The van der Waals surface area contributed by atoms with Crippen LogP contribution in [-0.2, 0) is 31.4 Å². The lowest BCUT2D eigenvalue weighted by molar-refractivity contribution is -0.119. The number of benzene rings is 1. The molecule has 0 spiro atoms. The van der Waals surface area contributed by atoms with Gasteiger partial charge in [0.2, 0.25) is 11.8 Å². The second kappa shape index (κ2) is 15.0. The van der Waals surface area contributed by atoms with Gasteiger partial charge in [-0.1, -0.05) is 41.4 Å². The van der Waals surface area contributed by atoms with Gasteiger partial charge >= 0.3 is 0 Å². The van der Waals surface area contributed by atoms with Crippen molar-refractivity contribution in [2.45, 2.75) is 44.8 Å². The molecule has 14 heteroatoms. The van der Waals surface area contributed by atoms with E-state index >= 15 is 0 Å². The number of methoxy groups -OCH3 is 1. The van der Waals surface area contributed by atoms with Gasteiger partial charge in [0, 0.05) is 87.2 Å². The van der Waals surface area contributed by atoms with Gasteiger partial charge in [-0.05, 0) is 31.0 Å². The summed E-state index contributed by atoms with van der Waals surface area (Å²) in [5.74, 6) is 0.416. The number of hydrogen-bond donors (Lipinski definition) is 3. The molecule has 2 amide bonds. The van der Waals surface area contributed by atoms with Gasteiger partial charge in [-0.15, -0.1) is 0 Å². The molecule has 6 rings (SSSR count). The molecule has 3 aromatic heterocycles. The Kier molecular flexibility index (Phi) is 10.5. The van der Waals surface area contributed by atoms with Crippen LogP contribution in [0.5, 0.6) is 5.88 Å². The summed E-state index contributed by atoms with van der Waals surface area (Å²) in [6.07, 6.45) is 4.22. The highest BCUT2D eigenvalue weighted by molar-refractivity contribution is 6.39. The second-order valence-corrected chi connectivity index (χ2v) is 12.7. The third-order valence-electron chi connectivity index (χ3n) is 8.74. The number of ether oxygens (including phenoxy) is 1. The number of anilines is 1. The van der Waals surface area contributed by atoms with Crippen LogP contribution < -0.4 is 20.7 Å². The summed E-state index contributed by atoms with van der Waals surface area (Å²) >= 11 is 13.8. The number of pyridine rings is 2. The minimum atomic E-state index is -0.395. The fraction of sp³-hybridized carbons (Fsp3) is 0.382. The summed E-state index contributed by atoms with van der Waals surface area (Å²) < 4.78 is 20.1. The highest BCUT2D eigenvalue weighted by Crippen LogP contribution is 2.40. The molecule has 1 aromatic carbocycles. The molecule has 1 saturated heterocycles. The van der Waals surface area contributed by atoms with Gasteiger partial charge in [0.05, 0.1) is 46.6 Å². The van der Waals surface area contributed by atoms with E-state index in [0.717, 1.165) is 36.3 Å². The number of fused-ring (bicyclic) bond motifs is 1. The SMILES string of the molecule is COc1nc(-c2ccnc(-c3cccc(NC(=O)c4nc5c(n4C)CCN(CCCF)C5)c3Cl)c2Cl)ccc1CNC[C@H]1CCC(=O)N1. The number of alkyl halides is 1. The zero-order valence-electron chi connectivity index (χ0n) is 26.8. The summed E-state index contributed by atoms with van der Waals surface area (Å²) in [6.45, 7) is 2.85. The summed E-state index contributed by atoms with van der Waals surface area (Å²) in [4.78, 5) is 41.0. The fourth-order valence-corrected chi connectivity index (χ4v) is 6.79. The number of imidazole rings is 1. The van der Waals surface area contributed by atoms with Gasteiger partial charge in [-0.25, -0.2) is 9.97 Å². The van der Waals surface area contributed by atoms with Crippen LogP contribution in [0.1, 0.15) is 46.8 Å². The normalized spacial score (nSPS) is 16.1. The number of rotatable bonds is 12. The maximum atomic E-state index is 13.4. The van der Waals surface area contributed by atoms with E-state index in [9.17, 15) is 14.0 Å². The highest BCUT2D eigenvalue weighted by atomic mass is 35.5. The topological polar surface area (TPSA) is 126 Å². The van der Waals surface area contributed by atoms with Crippen molar-refractivity contribution in [1.29, 1.82) is 0 Å². The molecule has 2 aliphatic heterocycles. The smallest absolute Gasteiger partial charge is 0.291 e. The molecular formula is C34H37Cl2FN8O3. The predicted octanol–water partition coefficient (Wildman–Crippen LogP) is 5.20. The maximum absolute atomic E-state index is 13.4. The minimum absolute atomic E-state index is 0.0831. The molecule has 1 fully saturated rings. The van der Waals surface area contributed by atoms with E-state index in [2.05, 4.69) is 30.8 Å². The van der Waals surface area contributed by atoms with Crippen LogP contribution in [0, 0.1) is 0 Å². The Morgan fingerprint density at radius 1 is 1.12 bits per heavy atom. The minimum Gasteiger partial charge on any atom is -0.481 e. The Labute approximate surface area is 288 Å². The first kappa shape index (κ1) is 33.8. The van der Waals surface area contributed by atoms with Crippen LogP contribution in [0.4, 0.5) is 10.1 Å². The van der Waals surface area contributed by atoms with Crippen molar-refractivity contribution in [3.8, 4) is 28.4 Å². The van der Waals surface area contributed by atoms with Crippen LogP contribution in [0.25, 0.3) is 22.5 Å². The fourth-order valence-electron chi connectivity index (χ4n) is 6.22. The van der Waals surface area contributed by atoms with Crippen LogP contribution >= 0.6 is 23.2 Å². The molecule has 3 N–H and O–H groups in total. The Bertz CT molecular complexity index is 1830. The number of hydrogen-bond acceptors (Lipinski definition) is 8. The van der Waals surface area contributed by atoms with Gasteiger partial charge in [-0.2, -0.15) is 0 Å². The van der Waals surface area contributed by atoms with E-state index in [-0.39, 0.29) is 29.5 Å². The second-order valence-electron chi connectivity index (χ2n) is 11.9. The Balaban J connectivity index is 1.19. The van der Waals surface area contributed by atoms with E-state index in [4.69, 9.17) is 32.9 Å². The molecule has 0 aliphatic carbocycles. The average molecular weight is 696 g/mol. The number of aromatic nitrogens is 4. The number of carbonyl (C=O) groups is 2. The number of nitrogens with one attached hydrogen (secondary N) is 3. The van der Waals surface area contributed by atoms with E-state index in [1.165, 1.54) is 0 Å². The van der Waals surface area contributed by atoms with Crippen molar-refractivity contribution in [2.24, 2.45) is 7.05 Å². The largest absolute Gasteiger partial charge is 0.481 e. The first-order valence-corrected chi connectivity index (χ1v) is 16.6. The number of halogens is 3.